The van der Waals surface area contributed by atoms with Crippen molar-refractivity contribution in [2.24, 2.45) is 5.73 Å². The molecule has 0 bridgehead atoms. The van der Waals surface area contributed by atoms with Crippen LogP contribution < -0.4 is 5.73 Å². The van der Waals surface area contributed by atoms with E-state index in [0.717, 1.165) is 29.5 Å². The standard InChI is InChI=1S/C22H19N5.2ClH/c23-10-5-11-27-17-9-4-2-7-14(17)19-20-15(12-24-26-20)18-13-6-1-3-8-16(13)25-21(18)22(19)27;;/h1-4,6-9,12,24,26H,5,10-11,23H2;2*1H. The molecule has 6 aromatic rings. The zero-order valence-electron chi connectivity index (χ0n) is 15.6. The summed E-state index contributed by atoms with van der Waals surface area (Å²) in [5, 5.41) is 12.7. The number of nitrogens with two attached hydrogens (primary N) is 1. The highest BCUT2D eigenvalue weighted by Gasteiger charge is 2.21. The van der Waals surface area contributed by atoms with E-state index in [-0.39, 0.29) is 24.8 Å². The van der Waals surface area contributed by atoms with Gasteiger partial charge in [-0.1, -0.05) is 36.4 Å². The van der Waals surface area contributed by atoms with Crippen molar-refractivity contribution in [2.75, 3.05) is 6.54 Å². The Bertz CT molecular complexity index is 1470. The molecule has 3 aromatic heterocycles. The second-order valence-corrected chi connectivity index (χ2v) is 7.09. The van der Waals surface area contributed by atoms with E-state index < -0.39 is 0 Å². The van der Waals surface area contributed by atoms with Crippen molar-refractivity contribution in [1.82, 2.24) is 19.7 Å². The van der Waals surface area contributed by atoms with E-state index in [1.165, 1.54) is 38.0 Å². The summed E-state index contributed by atoms with van der Waals surface area (Å²) < 4.78 is 2.39. The Kier molecular flexibility index (Phi) is 4.90. The topological polar surface area (TPSA) is 75.4 Å². The summed E-state index contributed by atoms with van der Waals surface area (Å²) in [6, 6.07) is 17.0. The highest BCUT2D eigenvalue weighted by Crippen LogP contribution is 2.42. The number of nitrogens with one attached hydrogen (secondary N) is 2. The molecule has 6 rings (SSSR count). The molecule has 0 unspecified atom stereocenters. The predicted molar refractivity (Wildman–Crippen MR) is 127 cm³/mol. The van der Waals surface area contributed by atoms with Crippen LogP contribution in [0.15, 0.2) is 54.7 Å². The van der Waals surface area contributed by atoms with Crippen LogP contribution in [0.1, 0.15) is 6.42 Å². The van der Waals surface area contributed by atoms with Gasteiger partial charge in [-0.3, -0.25) is 0 Å². The summed E-state index contributed by atoms with van der Waals surface area (Å²) in [5.74, 6) is 0. The molecule has 148 valence electrons. The van der Waals surface area contributed by atoms with E-state index in [1.807, 2.05) is 0 Å². The molecule has 0 saturated heterocycles. The molecule has 29 heavy (non-hydrogen) atoms. The lowest BCUT2D eigenvalue weighted by atomic mass is 10.0. The molecular weight excluding hydrogens is 405 g/mol. The van der Waals surface area contributed by atoms with E-state index in [0.29, 0.717) is 6.54 Å². The van der Waals surface area contributed by atoms with Gasteiger partial charge in [0.25, 0.3) is 0 Å². The minimum absolute atomic E-state index is 0. The van der Waals surface area contributed by atoms with Gasteiger partial charge in [0.2, 0.25) is 0 Å². The van der Waals surface area contributed by atoms with Crippen LogP contribution in [0.4, 0.5) is 0 Å². The number of H-pyrrole nitrogens is 2. The largest absolute Gasteiger partial charge is 0.339 e. The van der Waals surface area contributed by atoms with Gasteiger partial charge < -0.3 is 20.5 Å². The van der Waals surface area contributed by atoms with Crippen molar-refractivity contribution in [3.63, 3.8) is 0 Å². The monoisotopic (exact) mass is 425 g/mol. The van der Waals surface area contributed by atoms with E-state index in [9.17, 15) is 0 Å². The van der Waals surface area contributed by atoms with Crippen LogP contribution in [0.25, 0.3) is 54.5 Å². The summed E-state index contributed by atoms with van der Waals surface area (Å²) in [6.07, 6.45) is 2.99. The van der Waals surface area contributed by atoms with Gasteiger partial charge in [-0.25, -0.2) is 4.98 Å². The Morgan fingerprint density at radius 2 is 1.66 bits per heavy atom. The van der Waals surface area contributed by atoms with Crippen molar-refractivity contribution < 1.29 is 0 Å². The summed E-state index contributed by atoms with van der Waals surface area (Å²) in [5.41, 5.74) is 11.5. The number of halogens is 2. The first-order valence-electron chi connectivity index (χ1n) is 9.35. The Morgan fingerprint density at radius 3 is 2.48 bits per heavy atom. The molecule has 0 saturated carbocycles. The third kappa shape index (κ3) is 2.55. The lowest BCUT2D eigenvalue weighted by Crippen LogP contribution is -2.05. The first kappa shape index (κ1) is 19.6. The van der Waals surface area contributed by atoms with E-state index in [1.54, 1.807) is 0 Å². The summed E-state index contributed by atoms with van der Waals surface area (Å²) in [7, 11) is 0. The summed E-state index contributed by atoms with van der Waals surface area (Å²) in [4.78, 5) is 5.06. The highest BCUT2D eigenvalue weighted by atomic mass is 35.5. The first-order valence-corrected chi connectivity index (χ1v) is 9.35. The number of aromatic amines is 2. The molecule has 5 nitrogen and oxygen atoms in total. The molecular formula is C22H21Cl2N5. The molecule has 0 aliphatic carbocycles. The highest BCUT2D eigenvalue weighted by molar-refractivity contribution is 6.34. The fourth-order valence-corrected chi connectivity index (χ4v) is 4.53. The van der Waals surface area contributed by atoms with Crippen molar-refractivity contribution in [3.05, 3.63) is 54.7 Å². The van der Waals surface area contributed by atoms with Gasteiger partial charge in [-0.15, -0.1) is 24.8 Å². The summed E-state index contributed by atoms with van der Waals surface area (Å²) in [6.45, 7) is 1.56. The predicted octanol–water partition coefficient (Wildman–Crippen LogP) is 5.50. The first-order chi connectivity index (χ1) is 13.4. The second-order valence-electron chi connectivity index (χ2n) is 7.09. The van der Waals surface area contributed by atoms with Crippen LogP contribution in [0.2, 0.25) is 0 Å². The molecule has 0 aliphatic heterocycles. The molecule has 0 amide bonds. The molecule has 0 atom stereocenters. The van der Waals surface area contributed by atoms with Gasteiger partial charge in [0.05, 0.1) is 22.1 Å². The lowest BCUT2D eigenvalue weighted by Gasteiger charge is -2.07. The minimum atomic E-state index is 0. The zero-order chi connectivity index (χ0) is 18.0. The Balaban J connectivity index is 0.00000102. The quantitative estimate of drug-likeness (QED) is 0.350. The van der Waals surface area contributed by atoms with Crippen LogP contribution >= 0.6 is 24.8 Å². The molecule has 3 aromatic carbocycles. The number of benzene rings is 3. The fraction of sp³-hybridized carbons (Fsp3) is 0.136. The number of aryl methyl sites for hydroxylation is 1. The lowest BCUT2D eigenvalue weighted by molar-refractivity contribution is 0.688. The number of para-hydroxylation sites is 2. The molecule has 7 heteroatoms. The number of hydrogen-bond acceptors (Lipinski definition) is 2. The number of fused-ring (bicyclic) bond motifs is 10. The van der Waals surface area contributed by atoms with Crippen LogP contribution in [0, 0.1) is 0 Å². The van der Waals surface area contributed by atoms with Crippen LogP contribution in [-0.2, 0) is 6.54 Å². The van der Waals surface area contributed by atoms with Crippen molar-refractivity contribution in [3.8, 4) is 0 Å². The molecule has 0 spiro atoms. The maximum Gasteiger partial charge on any atom is 0.0967 e. The normalized spacial score (nSPS) is 11.5. The fourth-order valence-electron chi connectivity index (χ4n) is 4.53. The maximum atomic E-state index is 5.84. The van der Waals surface area contributed by atoms with Gasteiger partial charge in [-0.2, -0.15) is 0 Å². The third-order valence-electron chi connectivity index (χ3n) is 5.63. The van der Waals surface area contributed by atoms with E-state index >= 15 is 0 Å². The molecule has 0 fully saturated rings. The molecule has 3 heterocycles. The maximum absolute atomic E-state index is 5.84. The Labute approximate surface area is 179 Å². The van der Waals surface area contributed by atoms with Crippen molar-refractivity contribution in [1.29, 1.82) is 0 Å². The molecule has 4 N–H and O–H groups in total. The SMILES string of the molecule is Cl.Cl.NCCCn1c2ccccc2c2c3[nH][nH]cc3c3c4ccccc4nc3c21. The van der Waals surface area contributed by atoms with Crippen LogP contribution in [-0.4, -0.2) is 26.3 Å². The van der Waals surface area contributed by atoms with Gasteiger partial charge in [0, 0.05) is 45.2 Å². The Morgan fingerprint density at radius 1 is 0.897 bits per heavy atom. The second kappa shape index (κ2) is 7.26. The van der Waals surface area contributed by atoms with Gasteiger partial charge >= 0.3 is 0 Å². The Hall–Kier alpha value is -2.73. The van der Waals surface area contributed by atoms with Gasteiger partial charge in [0.1, 0.15) is 0 Å². The van der Waals surface area contributed by atoms with Crippen LogP contribution in [0.5, 0.6) is 0 Å². The smallest absolute Gasteiger partial charge is 0.0967 e. The zero-order valence-corrected chi connectivity index (χ0v) is 17.2. The van der Waals surface area contributed by atoms with Crippen molar-refractivity contribution >= 4 is 79.3 Å². The van der Waals surface area contributed by atoms with Gasteiger partial charge in [0.15, 0.2) is 0 Å². The average molecular weight is 426 g/mol. The number of aromatic nitrogens is 4. The molecule has 0 aliphatic rings. The van der Waals surface area contributed by atoms with E-state index in [4.69, 9.17) is 10.7 Å². The van der Waals surface area contributed by atoms with E-state index in [2.05, 4.69) is 69.5 Å². The summed E-state index contributed by atoms with van der Waals surface area (Å²) >= 11 is 0. The van der Waals surface area contributed by atoms with Crippen LogP contribution in [0.3, 0.4) is 0 Å². The average Bonchev–Trinajstić information content (AvgIpc) is 3.39. The number of nitrogens with zero attached hydrogens (tertiary/aromatic N) is 2. The number of hydrogen-bond donors (Lipinski definition) is 3. The number of rotatable bonds is 3. The van der Waals surface area contributed by atoms with Crippen molar-refractivity contribution in [2.45, 2.75) is 13.0 Å². The third-order valence-corrected chi connectivity index (χ3v) is 5.63. The molecule has 0 radical (unpaired) electrons. The minimum Gasteiger partial charge on any atom is -0.339 e. The van der Waals surface area contributed by atoms with Gasteiger partial charge in [-0.05, 0) is 25.1 Å².